The topological polar surface area (TPSA) is 57.2 Å². The first kappa shape index (κ1) is 23.2. The normalized spacial score (nSPS) is 15.6. The monoisotopic (exact) mass is 437 g/mol. The van der Waals surface area contributed by atoms with Crippen molar-refractivity contribution >= 4 is 15.8 Å². The molecule has 4 rings (SSSR count). The van der Waals surface area contributed by atoms with E-state index in [1.54, 1.807) is 12.1 Å². The summed E-state index contributed by atoms with van der Waals surface area (Å²) in [5, 5.41) is 0. The Kier molecular flexibility index (Phi) is 7.65. The third-order valence-corrected chi connectivity index (χ3v) is 6.74. The van der Waals surface area contributed by atoms with Crippen LogP contribution in [0.15, 0.2) is 83.8 Å². The largest absolute Gasteiger partial charge is 0.744 e. The molecule has 3 aromatic carbocycles. The Bertz CT molecular complexity index is 1050. The van der Waals surface area contributed by atoms with Gasteiger partial charge in [-0.05, 0) is 57.4 Å². The zero-order valence-electron chi connectivity index (χ0n) is 18.3. The second kappa shape index (κ2) is 10.2. The van der Waals surface area contributed by atoms with Gasteiger partial charge in [0.2, 0.25) is 0 Å². The second-order valence-corrected chi connectivity index (χ2v) is 9.78. The van der Waals surface area contributed by atoms with Crippen molar-refractivity contribution in [2.45, 2.75) is 44.6 Å². The third kappa shape index (κ3) is 6.50. The quantitative estimate of drug-likeness (QED) is 0.395. The molecule has 0 radical (unpaired) electrons. The van der Waals surface area contributed by atoms with E-state index in [1.165, 1.54) is 61.3 Å². The predicted octanol–water partition coefficient (Wildman–Crippen LogP) is 5.59. The summed E-state index contributed by atoms with van der Waals surface area (Å²) in [6.07, 6.45) is 4.09. The predicted molar refractivity (Wildman–Crippen MR) is 126 cm³/mol. The average Bonchev–Trinajstić information content (AvgIpc) is 2.76. The number of rotatable bonds is 4. The highest BCUT2D eigenvalue weighted by Crippen LogP contribution is 2.31. The van der Waals surface area contributed by atoms with E-state index in [-0.39, 0.29) is 4.90 Å². The molecule has 5 heteroatoms. The number of hydrogen-bond donors (Lipinski definition) is 0. The zero-order valence-corrected chi connectivity index (χ0v) is 19.1. The van der Waals surface area contributed by atoms with Crippen LogP contribution in [0.4, 0.5) is 5.69 Å². The summed E-state index contributed by atoms with van der Waals surface area (Å²) in [6.45, 7) is 7.67. The lowest BCUT2D eigenvalue weighted by Crippen LogP contribution is -2.52. The fourth-order valence-corrected chi connectivity index (χ4v) is 4.59. The van der Waals surface area contributed by atoms with E-state index in [4.69, 9.17) is 0 Å². The van der Waals surface area contributed by atoms with Gasteiger partial charge in [0.15, 0.2) is 0 Å². The molecule has 0 N–H and O–H groups in total. The van der Waals surface area contributed by atoms with Crippen LogP contribution in [0.1, 0.15) is 36.0 Å². The van der Waals surface area contributed by atoms with Gasteiger partial charge < -0.3 is 4.55 Å². The van der Waals surface area contributed by atoms with Gasteiger partial charge in [-0.2, -0.15) is 0 Å². The number of aryl methyl sites for hydroxylation is 2. The molecule has 0 atom stereocenters. The van der Waals surface area contributed by atoms with Crippen molar-refractivity contribution in [1.29, 1.82) is 0 Å². The lowest BCUT2D eigenvalue weighted by atomic mass is 10.0. The number of quaternary nitrogens is 1. The van der Waals surface area contributed by atoms with Crippen LogP contribution >= 0.6 is 0 Å². The highest BCUT2D eigenvalue weighted by Gasteiger charge is 2.32. The Labute approximate surface area is 186 Å². The van der Waals surface area contributed by atoms with Crippen molar-refractivity contribution in [2.24, 2.45) is 0 Å². The molecule has 1 saturated heterocycles. The summed E-state index contributed by atoms with van der Waals surface area (Å²) in [5.74, 6) is 0. The molecular weight excluding hydrogens is 406 g/mol. The minimum absolute atomic E-state index is 0.178. The molecule has 1 heterocycles. The van der Waals surface area contributed by atoms with Crippen LogP contribution < -0.4 is 4.48 Å². The molecule has 0 spiro atoms. The van der Waals surface area contributed by atoms with Crippen molar-refractivity contribution < 1.29 is 13.0 Å². The Balaban J connectivity index is 0.000000210. The second-order valence-electron chi connectivity index (χ2n) is 8.40. The third-order valence-electron chi connectivity index (χ3n) is 5.89. The fourth-order valence-electron chi connectivity index (χ4n) is 4.12. The highest BCUT2D eigenvalue weighted by molar-refractivity contribution is 7.85. The van der Waals surface area contributed by atoms with E-state index in [9.17, 15) is 13.0 Å². The Morgan fingerprint density at radius 1 is 0.742 bits per heavy atom. The molecular formula is C26H31NO3S. The Morgan fingerprint density at radius 3 is 1.77 bits per heavy atom. The molecule has 1 aliphatic rings. The average molecular weight is 438 g/mol. The van der Waals surface area contributed by atoms with E-state index < -0.39 is 10.1 Å². The number of likely N-dealkylation sites (tertiary alicyclic amines) is 1. The molecule has 31 heavy (non-hydrogen) atoms. The Hall–Kier alpha value is -2.47. The van der Waals surface area contributed by atoms with Gasteiger partial charge >= 0.3 is 0 Å². The first-order valence-corrected chi connectivity index (χ1v) is 12.2. The molecule has 0 unspecified atom stereocenters. The van der Waals surface area contributed by atoms with Gasteiger partial charge in [0.05, 0.1) is 18.0 Å². The van der Waals surface area contributed by atoms with Crippen molar-refractivity contribution in [2.75, 3.05) is 13.1 Å². The molecule has 0 bridgehead atoms. The van der Waals surface area contributed by atoms with Gasteiger partial charge in [0.25, 0.3) is 0 Å². The van der Waals surface area contributed by atoms with Gasteiger partial charge in [-0.15, -0.1) is 0 Å². The van der Waals surface area contributed by atoms with E-state index in [0.29, 0.717) is 0 Å². The zero-order chi connectivity index (χ0) is 22.3. The molecule has 0 amide bonds. The van der Waals surface area contributed by atoms with Crippen LogP contribution in [-0.4, -0.2) is 26.1 Å². The molecule has 4 nitrogen and oxygen atoms in total. The molecule has 164 valence electrons. The summed E-state index contributed by atoms with van der Waals surface area (Å²) < 4.78 is 32.3. The number of hydrogen-bond acceptors (Lipinski definition) is 3. The smallest absolute Gasteiger partial charge is 0.133 e. The van der Waals surface area contributed by atoms with Gasteiger partial charge in [-0.25, -0.2) is 8.42 Å². The summed E-state index contributed by atoms with van der Waals surface area (Å²) in [4.78, 5) is -0.178. The van der Waals surface area contributed by atoms with Crippen molar-refractivity contribution in [3.63, 3.8) is 0 Å². The van der Waals surface area contributed by atoms with Crippen LogP contribution in [0.2, 0.25) is 0 Å². The lowest BCUT2D eigenvalue weighted by molar-refractivity contribution is 0.221. The number of nitrogens with zero attached hydrogens (tertiary/aromatic N) is 1. The fraction of sp³-hybridized carbons (Fsp3) is 0.308. The maximum Gasteiger partial charge on any atom is 0.133 e. The van der Waals surface area contributed by atoms with E-state index in [2.05, 4.69) is 61.5 Å². The van der Waals surface area contributed by atoms with Crippen molar-refractivity contribution in [3.8, 4) is 0 Å². The van der Waals surface area contributed by atoms with Crippen LogP contribution in [0.3, 0.4) is 0 Å². The van der Waals surface area contributed by atoms with Gasteiger partial charge in [0.1, 0.15) is 22.4 Å². The van der Waals surface area contributed by atoms with Crippen LogP contribution in [-0.2, 0) is 16.7 Å². The molecule has 0 saturated carbocycles. The van der Waals surface area contributed by atoms with Gasteiger partial charge in [-0.3, -0.25) is 4.48 Å². The maximum atomic E-state index is 10.4. The summed E-state index contributed by atoms with van der Waals surface area (Å²) in [7, 11) is -4.27. The molecule has 0 aliphatic carbocycles. The molecule has 1 fully saturated rings. The first-order chi connectivity index (χ1) is 14.8. The molecule has 1 aliphatic heterocycles. The lowest BCUT2D eigenvalue weighted by Gasteiger charge is -2.41. The number of piperidine rings is 1. The number of benzene rings is 3. The minimum Gasteiger partial charge on any atom is -0.744 e. The highest BCUT2D eigenvalue weighted by atomic mass is 32.2. The van der Waals surface area contributed by atoms with E-state index in [1.807, 2.05) is 6.92 Å². The van der Waals surface area contributed by atoms with Crippen molar-refractivity contribution in [3.05, 3.63) is 95.6 Å². The summed E-state index contributed by atoms with van der Waals surface area (Å²) in [6, 6.07) is 25.9. The summed E-state index contributed by atoms with van der Waals surface area (Å²) in [5.41, 5.74) is 5.22. The summed E-state index contributed by atoms with van der Waals surface area (Å²) >= 11 is 0. The van der Waals surface area contributed by atoms with Crippen LogP contribution in [0.25, 0.3) is 0 Å². The minimum atomic E-state index is -4.27. The van der Waals surface area contributed by atoms with Crippen LogP contribution in [0, 0.1) is 13.8 Å². The SMILES string of the molecule is Cc1ccc(S(=O)(=O)[O-])cc1.Cc1ccc([N+]2(Cc3ccccc3)CCCCC2)cc1. The molecule has 3 aromatic rings. The van der Waals surface area contributed by atoms with E-state index in [0.717, 1.165) is 16.6 Å². The van der Waals surface area contributed by atoms with Gasteiger partial charge in [-0.1, -0.05) is 65.7 Å². The standard InChI is InChI=1S/C19H24N.C7H8O3S/c1-17-10-12-19(13-11-17)20(14-6-3-7-15-20)16-18-8-4-2-5-9-18;1-6-2-4-7(5-3-6)11(8,9)10/h2,4-5,8-13H,3,6-7,14-16H2,1H3;2-5H,1H3,(H,8,9,10)/q+1;/p-1. The molecule has 0 aromatic heterocycles. The van der Waals surface area contributed by atoms with Crippen molar-refractivity contribution in [1.82, 2.24) is 4.48 Å². The maximum absolute atomic E-state index is 10.4. The first-order valence-electron chi connectivity index (χ1n) is 10.8. The van der Waals surface area contributed by atoms with Crippen LogP contribution in [0.5, 0.6) is 0 Å². The van der Waals surface area contributed by atoms with Gasteiger partial charge in [0, 0.05) is 5.56 Å². The Morgan fingerprint density at radius 2 is 1.26 bits per heavy atom. The van der Waals surface area contributed by atoms with E-state index >= 15 is 0 Å².